The van der Waals surface area contributed by atoms with E-state index in [1.54, 1.807) is 17.8 Å². The van der Waals surface area contributed by atoms with E-state index in [1.165, 1.54) is 5.56 Å². The highest BCUT2D eigenvalue weighted by atomic mass is 35.5. The zero-order chi connectivity index (χ0) is 16.4. The summed E-state index contributed by atoms with van der Waals surface area (Å²) in [6, 6.07) is 17.9. The number of pyridine rings is 1. The van der Waals surface area contributed by atoms with E-state index >= 15 is 0 Å². The van der Waals surface area contributed by atoms with Gasteiger partial charge in [-0.2, -0.15) is 0 Å². The van der Waals surface area contributed by atoms with Crippen molar-refractivity contribution in [1.82, 2.24) is 4.98 Å². The molecule has 0 aliphatic heterocycles. The Balaban J connectivity index is 2.19. The number of hydrogen-bond acceptors (Lipinski definition) is 2. The van der Waals surface area contributed by atoms with Gasteiger partial charge in [0.25, 0.3) is 0 Å². The maximum absolute atomic E-state index is 6.14. The lowest BCUT2D eigenvalue weighted by atomic mass is 10.0. The van der Waals surface area contributed by atoms with Gasteiger partial charge >= 0.3 is 0 Å². The monoisotopic (exact) mass is 359 g/mol. The molecule has 1 aromatic heterocycles. The highest BCUT2D eigenvalue weighted by Crippen LogP contribution is 2.32. The molecule has 0 bridgehead atoms. The van der Waals surface area contributed by atoms with Crippen LogP contribution in [0.3, 0.4) is 0 Å². The third kappa shape index (κ3) is 3.72. The largest absolute Gasteiger partial charge is 0.248 e. The molecule has 0 saturated carbocycles. The number of rotatable bonds is 3. The minimum atomic E-state index is 0.612. The second-order valence-electron chi connectivity index (χ2n) is 5.25. The van der Waals surface area contributed by atoms with Gasteiger partial charge in [0.05, 0.1) is 11.4 Å². The van der Waals surface area contributed by atoms with Gasteiger partial charge in [-0.3, -0.25) is 0 Å². The van der Waals surface area contributed by atoms with E-state index in [1.807, 2.05) is 24.3 Å². The quantitative estimate of drug-likeness (QED) is 0.479. The molecule has 1 heterocycles. The van der Waals surface area contributed by atoms with E-state index in [2.05, 4.69) is 37.4 Å². The molecule has 0 amide bonds. The molecule has 1 nitrogen and oxygen atoms in total. The molecule has 4 heteroatoms. The highest BCUT2D eigenvalue weighted by molar-refractivity contribution is 7.98. The standard InChI is InChI=1S/C19H15Cl2NS/c1-12-5-3-4-6-17(12)19-11-16(23-2)10-18(22-19)13-7-14(20)9-15(21)8-13/h3-11H,1-2H3. The first-order chi connectivity index (χ1) is 11.1. The van der Waals surface area contributed by atoms with Gasteiger partial charge in [-0.25, -0.2) is 4.98 Å². The highest BCUT2D eigenvalue weighted by Gasteiger charge is 2.10. The average molecular weight is 360 g/mol. The lowest BCUT2D eigenvalue weighted by molar-refractivity contribution is 1.25. The van der Waals surface area contributed by atoms with Gasteiger partial charge in [-0.05, 0) is 49.1 Å². The van der Waals surface area contributed by atoms with Crippen molar-refractivity contribution in [3.05, 3.63) is 70.2 Å². The molecular formula is C19H15Cl2NS. The van der Waals surface area contributed by atoms with Crippen LogP contribution in [-0.4, -0.2) is 11.2 Å². The van der Waals surface area contributed by atoms with Crippen LogP contribution >= 0.6 is 35.0 Å². The molecule has 0 spiro atoms. The molecule has 0 N–H and O–H groups in total. The first kappa shape index (κ1) is 16.4. The Morgan fingerprint density at radius 1 is 0.870 bits per heavy atom. The molecule has 23 heavy (non-hydrogen) atoms. The van der Waals surface area contributed by atoms with Crippen molar-refractivity contribution < 1.29 is 0 Å². The van der Waals surface area contributed by atoms with Crippen LogP contribution in [0.1, 0.15) is 5.56 Å². The van der Waals surface area contributed by atoms with Crippen LogP contribution in [0.25, 0.3) is 22.5 Å². The Morgan fingerprint density at radius 2 is 1.52 bits per heavy atom. The normalized spacial score (nSPS) is 10.8. The summed E-state index contributed by atoms with van der Waals surface area (Å²) in [5, 5.41) is 1.22. The average Bonchev–Trinajstić information content (AvgIpc) is 2.54. The molecule has 2 aromatic carbocycles. The molecule has 0 aliphatic rings. The maximum Gasteiger partial charge on any atom is 0.0723 e. The number of hydrogen-bond donors (Lipinski definition) is 0. The third-order valence-corrected chi connectivity index (χ3v) is 4.76. The van der Waals surface area contributed by atoms with E-state index in [0.717, 1.165) is 27.4 Å². The molecule has 0 saturated heterocycles. The zero-order valence-electron chi connectivity index (χ0n) is 12.8. The maximum atomic E-state index is 6.14. The van der Waals surface area contributed by atoms with E-state index in [-0.39, 0.29) is 0 Å². The Kier molecular flexibility index (Phi) is 4.96. The summed E-state index contributed by atoms with van der Waals surface area (Å²) in [6.45, 7) is 2.10. The van der Waals surface area contributed by atoms with Crippen LogP contribution in [0.5, 0.6) is 0 Å². The van der Waals surface area contributed by atoms with Gasteiger partial charge in [-0.15, -0.1) is 11.8 Å². The number of halogens is 2. The van der Waals surface area contributed by atoms with Crippen molar-refractivity contribution in [2.24, 2.45) is 0 Å². The molecule has 3 rings (SSSR count). The SMILES string of the molecule is CSc1cc(-c2cc(Cl)cc(Cl)c2)nc(-c2ccccc2C)c1. The predicted octanol–water partition coefficient (Wildman–Crippen LogP) is 6.75. The summed E-state index contributed by atoms with van der Waals surface area (Å²) in [6.07, 6.45) is 2.06. The molecule has 0 atom stereocenters. The minimum absolute atomic E-state index is 0.612. The van der Waals surface area contributed by atoms with Gasteiger partial charge in [0.2, 0.25) is 0 Å². The minimum Gasteiger partial charge on any atom is -0.248 e. The number of benzene rings is 2. The first-order valence-corrected chi connectivity index (χ1v) is 9.13. The van der Waals surface area contributed by atoms with Crippen LogP contribution in [0.4, 0.5) is 0 Å². The fourth-order valence-corrected chi connectivity index (χ4v) is 3.46. The molecule has 0 fully saturated rings. The summed E-state index contributed by atoms with van der Waals surface area (Å²) < 4.78 is 0. The number of aromatic nitrogens is 1. The fraction of sp³-hybridized carbons (Fsp3) is 0.105. The summed E-state index contributed by atoms with van der Waals surface area (Å²) in [7, 11) is 0. The number of aryl methyl sites for hydroxylation is 1. The Labute approximate surface area is 150 Å². The van der Waals surface area contributed by atoms with Crippen LogP contribution in [-0.2, 0) is 0 Å². The fourth-order valence-electron chi connectivity index (χ4n) is 2.47. The van der Waals surface area contributed by atoms with E-state index in [9.17, 15) is 0 Å². The molecule has 0 aliphatic carbocycles. The van der Waals surface area contributed by atoms with Crippen LogP contribution in [0, 0.1) is 6.92 Å². The van der Waals surface area contributed by atoms with Gasteiger partial charge in [0.15, 0.2) is 0 Å². The zero-order valence-corrected chi connectivity index (χ0v) is 15.1. The van der Waals surface area contributed by atoms with Crippen molar-refractivity contribution >= 4 is 35.0 Å². The van der Waals surface area contributed by atoms with Crippen molar-refractivity contribution in [1.29, 1.82) is 0 Å². The summed E-state index contributed by atoms with van der Waals surface area (Å²) in [5.74, 6) is 0. The van der Waals surface area contributed by atoms with E-state index in [4.69, 9.17) is 28.2 Å². The summed E-state index contributed by atoms with van der Waals surface area (Å²) in [4.78, 5) is 5.99. The van der Waals surface area contributed by atoms with Crippen LogP contribution in [0.2, 0.25) is 10.0 Å². The first-order valence-electron chi connectivity index (χ1n) is 7.15. The van der Waals surface area contributed by atoms with Gasteiger partial charge in [0.1, 0.15) is 0 Å². The smallest absolute Gasteiger partial charge is 0.0723 e. The second kappa shape index (κ2) is 6.96. The van der Waals surface area contributed by atoms with E-state index in [0.29, 0.717) is 10.0 Å². The lowest BCUT2D eigenvalue weighted by Crippen LogP contribution is -1.92. The van der Waals surface area contributed by atoms with Crippen molar-refractivity contribution in [3.63, 3.8) is 0 Å². The summed E-state index contributed by atoms with van der Waals surface area (Å²) in [5.41, 5.74) is 5.10. The molecule has 0 unspecified atom stereocenters. The predicted molar refractivity (Wildman–Crippen MR) is 102 cm³/mol. The van der Waals surface area contributed by atoms with Crippen LogP contribution in [0.15, 0.2) is 59.5 Å². The summed E-state index contributed by atoms with van der Waals surface area (Å²) >= 11 is 14.0. The molecule has 0 radical (unpaired) electrons. The molecule has 116 valence electrons. The third-order valence-electron chi connectivity index (χ3n) is 3.61. The van der Waals surface area contributed by atoms with Gasteiger partial charge in [0, 0.05) is 26.1 Å². The Morgan fingerprint density at radius 3 is 2.17 bits per heavy atom. The number of thioether (sulfide) groups is 1. The van der Waals surface area contributed by atoms with Crippen molar-refractivity contribution in [2.45, 2.75) is 11.8 Å². The van der Waals surface area contributed by atoms with Gasteiger partial charge in [-0.1, -0.05) is 47.5 Å². The molecular weight excluding hydrogens is 345 g/mol. The topological polar surface area (TPSA) is 12.9 Å². The van der Waals surface area contributed by atoms with Crippen LogP contribution < -0.4 is 0 Å². The Bertz CT molecular complexity index is 841. The lowest BCUT2D eigenvalue weighted by Gasteiger charge is -2.11. The Hall–Kier alpha value is -1.48. The molecule has 3 aromatic rings. The van der Waals surface area contributed by atoms with Crippen molar-refractivity contribution in [2.75, 3.05) is 6.26 Å². The second-order valence-corrected chi connectivity index (χ2v) is 7.00. The number of nitrogens with zero attached hydrogens (tertiary/aromatic N) is 1. The van der Waals surface area contributed by atoms with Crippen molar-refractivity contribution in [3.8, 4) is 22.5 Å². The van der Waals surface area contributed by atoms with Gasteiger partial charge < -0.3 is 0 Å². The van der Waals surface area contributed by atoms with E-state index < -0.39 is 0 Å².